The summed E-state index contributed by atoms with van der Waals surface area (Å²) in [6, 6.07) is 10.7. The smallest absolute Gasteiger partial charge is 0.198 e. The fourth-order valence-corrected chi connectivity index (χ4v) is 3.57. The lowest BCUT2D eigenvalue weighted by molar-refractivity contribution is 0.00602. The van der Waals surface area contributed by atoms with Crippen LogP contribution >= 0.6 is 0 Å². The van der Waals surface area contributed by atoms with Crippen molar-refractivity contribution in [3.05, 3.63) is 80.7 Å². The van der Waals surface area contributed by atoms with Crippen LogP contribution in [-0.4, -0.2) is 29.4 Å². The molecule has 0 amide bonds. The summed E-state index contributed by atoms with van der Waals surface area (Å²) < 4.78 is 11.0. The number of ketones is 2. The van der Waals surface area contributed by atoms with E-state index in [1.807, 2.05) is 0 Å². The lowest BCUT2D eigenvalue weighted by atomic mass is 9.83. The molecule has 3 aromatic rings. The van der Waals surface area contributed by atoms with Crippen LogP contribution in [-0.2, 0) is 10.3 Å². The fraction of sp³-hybridized carbons (Fsp3) is 0.190. The van der Waals surface area contributed by atoms with Crippen molar-refractivity contribution in [1.82, 2.24) is 0 Å². The van der Waals surface area contributed by atoms with E-state index in [0.717, 1.165) is 0 Å². The third-order valence-electron chi connectivity index (χ3n) is 5.24. The molecule has 134 valence electrons. The maximum atomic E-state index is 13.1. The Balaban J connectivity index is 1.83. The van der Waals surface area contributed by atoms with E-state index in [2.05, 4.69) is 0 Å². The second-order valence-corrected chi connectivity index (χ2v) is 7.01. The molecule has 1 saturated heterocycles. The number of epoxide rings is 1. The zero-order valence-electron chi connectivity index (χ0n) is 14.3. The van der Waals surface area contributed by atoms with Gasteiger partial charge in [-0.2, -0.15) is 0 Å². The Kier molecular flexibility index (Phi) is 3.11. The molecule has 27 heavy (non-hydrogen) atoms. The van der Waals surface area contributed by atoms with Gasteiger partial charge in [-0.3, -0.25) is 14.4 Å². The number of carbonyl (C=O) groups excluding carboxylic acids is 2. The number of rotatable bonds is 2. The van der Waals surface area contributed by atoms with Gasteiger partial charge >= 0.3 is 0 Å². The van der Waals surface area contributed by atoms with Crippen LogP contribution in [0.1, 0.15) is 44.5 Å². The predicted octanol–water partition coefficient (Wildman–Crippen LogP) is 2.17. The summed E-state index contributed by atoms with van der Waals surface area (Å²) in [5.41, 5.74) is -1.04. The van der Waals surface area contributed by atoms with Gasteiger partial charge in [-0.25, -0.2) is 0 Å². The monoisotopic (exact) mass is 362 g/mol. The van der Waals surface area contributed by atoms with Gasteiger partial charge in [0.15, 0.2) is 17.0 Å². The zero-order chi connectivity index (χ0) is 18.9. The molecule has 0 radical (unpaired) electrons. The molecular weight excluding hydrogens is 348 g/mol. The third kappa shape index (κ3) is 2.17. The highest BCUT2D eigenvalue weighted by Crippen LogP contribution is 2.37. The molecule has 2 unspecified atom stereocenters. The fourth-order valence-electron chi connectivity index (χ4n) is 3.57. The van der Waals surface area contributed by atoms with Crippen molar-refractivity contribution in [2.45, 2.75) is 18.6 Å². The van der Waals surface area contributed by atoms with Gasteiger partial charge in [0, 0.05) is 22.8 Å². The van der Waals surface area contributed by atoms with Crippen LogP contribution in [0.25, 0.3) is 11.0 Å². The van der Waals surface area contributed by atoms with Crippen LogP contribution in [0.5, 0.6) is 0 Å². The summed E-state index contributed by atoms with van der Waals surface area (Å²) in [6.45, 7) is 1.85. The average Bonchev–Trinajstić information content (AvgIpc) is 3.51. The van der Waals surface area contributed by atoms with Crippen LogP contribution in [0.2, 0.25) is 0 Å². The lowest BCUT2D eigenvalue weighted by Crippen LogP contribution is -2.30. The number of fused-ring (bicyclic) bond motifs is 4. The predicted molar refractivity (Wildman–Crippen MR) is 95.1 cm³/mol. The Labute approximate surface area is 153 Å². The van der Waals surface area contributed by atoms with Gasteiger partial charge in [-0.1, -0.05) is 24.3 Å². The van der Waals surface area contributed by atoms with E-state index >= 15 is 0 Å². The quantitative estimate of drug-likeness (QED) is 0.549. The number of hydrogen-bond donors (Lipinski definition) is 1. The van der Waals surface area contributed by atoms with Crippen molar-refractivity contribution in [2.75, 3.05) is 6.61 Å². The second kappa shape index (κ2) is 5.22. The van der Waals surface area contributed by atoms with Gasteiger partial charge in [0.25, 0.3) is 0 Å². The molecule has 1 aliphatic heterocycles. The third-order valence-corrected chi connectivity index (χ3v) is 5.24. The Morgan fingerprint density at radius 1 is 1.00 bits per heavy atom. The van der Waals surface area contributed by atoms with Crippen molar-refractivity contribution in [2.24, 2.45) is 0 Å². The van der Waals surface area contributed by atoms with Crippen molar-refractivity contribution in [3.8, 4) is 0 Å². The first-order valence-electron chi connectivity index (χ1n) is 8.53. The highest BCUT2D eigenvalue weighted by molar-refractivity contribution is 6.31. The molecule has 2 atom stereocenters. The Hall–Kier alpha value is -3.09. The Morgan fingerprint density at radius 2 is 1.67 bits per heavy atom. The summed E-state index contributed by atoms with van der Waals surface area (Å²) >= 11 is 0. The molecule has 1 aromatic heterocycles. The molecule has 6 nitrogen and oxygen atoms in total. The van der Waals surface area contributed by atoms with Crippen LogP contribution in [0, 0.1) is 0 Å². The van der Waals surface area contributed by atoms with Gasteiger partial charge in [0.1, 0.15) is 23.0 Å². The van der Waals surface area contributed by atoms with Crippen LogP contribution < -0.4 is 5.43 Å². The molecular formula is C21H14O6. The summed E-state index contributed by atoms with van der Waals surface area (Å²) in [6.07, 6.45) is -0.476. The number of hydrogen-bond acceptors (Lipinski definition) is 6. The standard InChI is InChI=1S/C21H14O6/c1-21(25,16-9-26-16)15-8-14(22)12-6-7-13-17(20(12)27-15)19(24)11-5-3-2-4-10(11)18(13)23/h2-8,16,25H,9H2,1H3. The first-order valence-corrected chi connectivity index (χ1v) is 8.53. The van der Waals surface area contributed by atoms with E-state index < -0.39 is 17.1 Å². The minimum absolute atomic E-state index is 0.00927. The highest BCUT2D eigenvalue weighted by atomic mass is 16.6. The van der Waals surface area contributed by atoms with Crippen molar-refractivity contribution in [3.63, 3.8) is 0 Å². The van der Waals surface area contributed by atoms with E-state index in [4.69, 9.17) is 9.15 Å². The largest absolute Gasteiger partial charge is 0.457 e. The highest BCUT2D eigenvalue weighted by Gasteiger charge is 2.46. The van der Waals surface area contributed by atoms with Gasteiger partial charge in [-0.05, 0) is 19.1 Å². The van der Waals surface area contributed by atoms with Crippen molar-refractivity contribution >= 4 is 22.5 Å². The maximum absolute atomic E-state index is 13.1. The molecule has 2 aliphatic rings. The van der Waals surface area contributed by atoms with Gasteiger partial charge in [-0.15, -0.1) is 0 Å². The normalized spacial score (nSPS) is 20.1. The Bertz CT molecular complexity index is 1210. The molecule has 0 saturated carbocycles. The number of aliphatic hydroxyl groups is 1. The molecule has 1 fully saturated rings. The van der Waals surface area contributed by atoms with Gasteiger partial charge in [0.05, 0.1) is 17.6 Å². The molecule has 0 bridgehead atoms. The minimum Gasteiger partial charge on any atom is -0.457 e. The zero-order valence-corrected chi connectivity index (χ0v) is 14.3. The summed E-state index contributed by atoms with van der Waals surface area (Å²) in [5.74, 6) is -0.670. The van der Waals surface area contributed by atoms with E-state index in [1.54, 1.807) is 24.3 Å². The second-order valence-electron chi connectivity index (χ2n) is 7.01. The first-order chi connectivity index (χ1) is 12.9. The number of carbonyl (C=O) groups is 2. The topological polar surface area (TPSA) is 97.1 Å². The average molecular weight is 362 g/mol. The van der Waals surface area contributed by atoms with Gasteiger partial charge < -0.3 is 14.3 Å². The summed E-state index contributed by atoms with van der Waals surface area (Å²) in [5, 5.41) is 10.9. The molecule has 1 N–H and O–H groups in total. The van der Waals surface area contributed by atoms with Crippen LogP contribution in [0.3, 0.4) is 0 Å². The molecule has 5 rings (SSSR count). The summed E-state index contributed by atoms with van der Waals surface area (Å²) in [4.78, 5) is 38.5. The van der Waals surface area contributed by atoms with Crippen LogP contribution in [0.15, 0.2) is 51.7 Å². The lowest BCUT2D eigenvalue weighted by Gasteiger charge is -2.22. The first kappa shape index (κ1) is 16.1. The number of benzene rings is 2. The molecule has 0 spiro atoms. The van der Waals surface area contributed by atoms with E-state index in [9.17, 15) is 19.5 Å². The maximum Gasteiger partial charge on any atom is 0.198 e. The van der Waals surface area contributed by atoms with E-state index in [0.29, 0.717) is 12.2 Å². The van der Waals surface area contributed by atoms with Crippen molar-refractivity contribution < 1.29 is 23.8 Å². The molecule has 1 aliphatic carbocycles. The van der Waals surface area contributed by atoms with Crippen molar-refractivity contribution in [1.29, 1.82) is 0 Å². The molecule has 2 aromatic carbocycles. The summed E-state index contributed by atoms with van der Waals surface area (Å²) in [7, 11) is 0. The number of ether oxygens (including phenoxy) is 1. The van der Waals surface area contributed by atoms with Gasteiger partial charge in [0.2, 0.25) is 0 Å². The molecule has 2 heterocycles. The SMILES string of the molecule is CC(O)(c1cc(=O)c2ccc3c(c2o1)C(=O)c1ccccc1C3=O)C1CO1. The van der Waals surface area contributed by atoms with E-state index in [1.165, 1.54) is 25.1 Å². The van der Waals surface area contributed by atoms with E-state index in [-0.39, 0.29) is 45.0 Å². The minimum atomic E-state index is -1.50. The Morgan fingerprint density at radius 3 is 2.33 bits per heavy atom. The molecule has 6 heteroatoms. The van der Waals surface area contributed by atoms with Crippen LogP contribution in [0.4, 0.5) is 0 Å².